The highest BCUT2D eigenvalue weighted by Crippen LogP contribution is 2.24. The van der Waals surface area contributed by atoms with Crippen LogP contribution in [-0.2, 0) is 0 Å². The van der Waals surface area contributed by atoms with E-state index in [2.05, 4.69) is 19.2 Å². The number of hydrogen-bond acceptors (Lipinski definition) is 3. The molecule has 17 heavy (non-hydrogen) atoms. The van der Waals surface area contributed by atoms with Crippen LogP contribution in [0.4, 0.5) is 11.4 Å². The number of anilines is 1. The molecule has 4 nitrogen and oxygen atoms in total. The highest BCUT2D eigenvalue weighted by atomic mass is 127. The lowest BCUT2D eigenvalue weighted by atomic mass is 10.0. The van der Waals surface area contributed by atoms with Crippen molar-refractivity contribution < 1.29 is 4.92 Å². The highest BCUT2D eigenvalue weighted by Gasteiger charge is 2.11. The van der Waals surface area contributed by atoms with Gasteiger partial charge in [-0.05, 0) is 40.6 Å². The maximum Gasteiger partial charge on any atom is 0.282 e. The van der Waals surface area contributed by atoms with Gasteiger partial charge in [0.05, 0.1) is 8.49 Å². The second-order valence-corrected chi connectivity index (χ2v) is 5.15. The van der Waals surface area contributed by atoms with Crippen LogP contribution in [0.15, 0.2) is 18.2 Å². The van der Waals surface area contributed by atoms with E-state index < -0.39 is 0 Å². The second kappa shape index (κ2) is 6.78. The summed E-state index contributed by atoms with van der Waals surface area (Å²) >= 11 is 2.00. The summed E-state index contributed by atoms with van der Waals surface area (Å²) < 4.78 is 0.669. The fraction of sp³-hybridized carbons (Fsp3) is 0.500. The molecule has 94 valence electrons. The SMILES string of the molecule is CCC(CC)CNc1ccc([N+](=O)[O-])c(I)c1. The summed E-state index contributed by atoms with van der Waals surface area (Å²) in [4.78, 5) is 10.3. The Hall–Kier alpha value is -0.850. The van der Waals surface area contributed by atoms with Gasteiger partial charge in [0.1, 0.15) is 0 Å². The Labute approximate surface area is 115 Å². The molecular formula is C12H17IN2O2. The molecule has 0 heterocycles. The fourth-order valence-corrected chi connectivity index (χ4v) is 2.32. The van der Waals surface area contributed by atoms with Crippen molar-refractivity contribution in [2.75, 3.05) is 11.9 Å². The number of hydrogen-bond donors (Lipinski definition) is 1. The number of nitro groups is 1. The Morgan fingerprint density at radius 1 is 1.41 bits per heavy atom. The minimum atomic E-state index is -0.355. The topological polar surface area (TPSA) is 55.2 Å². The Kier molecular flexibility index (Phi) is 5.67. The molecule has 0 radical (unpaired) electrons. The van der Waals surface area contributed by atoms with Gasteiger partial charge in [0.15, 0.2) is 0 Å². The third-order valence-corrected chi connectivity index (χ3v) is 3.76. The van der Waals surface area contributed by atoms with Crippen molar-refractivity contribution in [2.45, 2.75) is 26.7 Å². The smallest absolute Gasteiger partial charge is 0.282 e. The van der Waals surface area contributed by atoms with E-state index in [9.17, 15) is 10.1 Å². The molecule has 0 spiro atoms. The Morgan fingerprint density at radius 2 is 2.06 bits per heavy atom. The Morgan fingerprint density at radius 3 is 2.53 bits per heavy atom. The molecule has 1 N–H and O–H groups in total. The molecule has 0 aliphatic rings. The third kappa shape index (κ3) is 4.14. The van der Waals surface area contributed by atoms with E-state index in [0.29, 0.717) is 9.49 Å². The van der Waals surface area contributed by atoms with Crippen LogP contribution in [0.1, 0.15) is 26.7 Å². The van der Waals surface area contributed by atoms with Crippen molar-refractivity contribution in [2.24, 2.45) is 5.92 Å². The van der Waals surface area contributed by atoms with Crippen molar-refractivity contribution in [3.05, 3.63) is 31.9 Å². The number of nitrogens with zero attached hydrogens (tertiary/aromatic N) is 1. The van der Waals surface area contributed by atoms with E-state index in [4.69, 9.17) is 0 Å². The van der Waals surface area contributed by atoms with E-state index in [0.717, 1.165) is 25.1 Å². The van der Waals surface area contributed by atoms with Crippen LogP contribution >= 0.6 is 22.6 Å². The number of rotatable bonds is 6. The van der Waals surface area contributed by atoms with E-state index in [1.54, 1.807) is 12.1 Å². The number of halogens is 1. The summed E-state index contributed by atoms with van der Waals surface area (Å²) in [5.74, 6) is 0.655. The molecule has 0 aliphatic carbocycles. The summed E-state index contributed by atoms with van der Waals surface area (Å²) in [7, 11) is 0. The lowest BCUT2D eigenvalue weighted by molar-refractivity contribution is -0.385. The van der Waals surface area contributed by atoms with Crippen LogP contribution < -0.4 is 5.32 Å². The Bertz CT molecular complexity index is 392. The Balaban J connectivity index is 2.67. The maximum atomic E-state index is 10.7. The zero-order chi connectivity index (χ0) is 12.8. The van der Waals surface area contributed by atoms with Gasteiger partial charge in [-0.25, -0.2) is 0 Å². The molecule has 1 aromatic carbocycles. The molecule has 0 aromatic heterocycles. The van der Waals surface area contributed by atoms with E-state index >= 15 is 0 Å². The molecule has 5 heteroatoms. The summed E-state index contributed by atoms with van der Waals surface area (Å²) in [6, 6.07) is 5.14. The lowest BCUT2D eigenvalue weighted by Crippen LogP contribution is -2.12. The minimum Gasteiger partial charge on any atom is -0.385 e. The molecule has 0 fully saturated rings. The molecule has 0 bridgehead atoms. The summed E-state index contributed by atoms with van der Waals surface area (Å²) in [5, 5.41) is 14.0. The molecule has 0 saturated heterocycles. The van der Waals surface area contributed by atoms with E-state index in [-0.39, 0.29) is 10.6 Å². The molecule has 0 unspecified atom stereocenters. The number of nitrogens with one attached hydrogen (secondary N) is 1. The normalized spacial score (nSPS) is 10.6. The summed E-state index contributed by atoms with van der Waals surface area (Å²) in [5.41, 5.74) is 1.12. The molecule has 0 atom stereocenters. The van der Waals surface area contributed by atoms with Gasteiger partial charge in [-0.1, -0.05) is 26.7 Å². The number of benzene rings is 1. The molecule has 0 saturated carbocycles. The van der Waals surface area contributed by atoms with Crippen LogP contribution in [0, 0.1) is 19.6 Å². The second-order valence-electron chi connectivity index (χ2n) is 3.99. The van der Waals surface area contributed by atoms with Gasteiger partial charge < -0.3 is 5.32 Å². The van der Waals surface area contributed by atoms with Gasteiger partial charge in [0, 0.05) is 18.3 Å². The van der Waals surface area contributed by atoms with Crippen LogP contribution in [0.2, 0.25) is 0 Å². The van der Waals surface area contributed by atoms with Crippen molar-refractivity contribution >= 4 is 34.0 Å². The first kappa shape index (κ1) is 14.2. The molecule has 0 amide bonds. The predicted octanol–water partition coefficient (Wildman–Crippen LogP) is 4.05. The molecule has 1 aromatic rings. The van der Waals surface area contributed by atoms with Crippen LogP contribution in [0.5, 0.6) is 0 Å². The quantitative estimate of drug-likeness (QED) is 0.479. The van der Waals surface area contributed by atoms with Gasteiger partial charge in [0.25, 0.3) is 5.69 Å². The maximum absolute atomic E-state index is 10.7. The molecular weight excluding hydrogens is 331 g/mol. The lowest BCUT2D eigenvalue weighted by Gasteiger charge is -2.14. The predicted molar refractivity (Wildman–Crippen MR) is 78.4 cm³/mol. The van der Waals surface area contributed by atoms with Gasteiger partial charge in [-0.15, -0.1) is 0 Å². The van der Waals surface area contributed by atoms with Crippen LogP contribution in [0.25, 0.3) is 0 Å². The first-order valence-corrected chi connectivity index (χ1v) is 6.84. The highest BCUT2D eigenvalue weighted by molar-refractivity contribution is 14.1. The largest absolute Gasteiger partial charge is 0.385 e. The monoisotopic (exact) mass is 348 g/mol. The average molecular weight is 348 g/mol. The van der Waals surface area contributed by atoms with Gasteiger partial charge in [0.2, 0.25) is 0 Å². The first-order chi connectivity index (χ1) is 8.08. The van der Waals surface area contributed by atoms with Crippen LogP contribution in [-0.4, -0.2) is 11.5 Å². The van der Waals surface area contributed by atoms with Gasteiger partial charge in [-0.3, -0.25) is 10.1 Å². The summed E-state index contributed by atoms with van der Waals surface area (Å²) in [6.07, 6.45) is 2.29. The van der Waals surface area contributed by atoms with Crippen molar-refractivity contribution in [3.63, 3.8) is 0 Å². The minimum absolute atomic E-state index is 0.165. The standard InChI is InChI=1S/C12H17IN2O2/c1-3-9(4-2)8-14-10-5-6-12(15(16)17)11(13)7-10/h5-7,9,14H,3-4,8H2,1-2H3. The van der Waals surface area contributed by atoms with Gasteiger partial charge >= 0.3 is 0 Å². The third-order valence-electron chi connectivity index (χ3n) is 2.89. The molecule has 0 aliphatic heterocycles. The van der Waals surface area contributed by atoms with Crippen molar-refractivity contribution in [1.82, 2.24) is 0 Å². The zero-order valence-corrected chi connectivity index (χ0v) is 12.2. The van der Waals surface area contributed by atoms with Crippen LogP contribution in [0.3, 0.4) is 0 Å². The van der Waals surface area contributed by atoms with Crippen molar-refractivity contribution in [1.29, 1.82) is 0 Å². The first-order valence-electron chi connectivity index (χ1n) is 5.76. The van der Waals surface area contributed by atoms with Crippen molar-refractivity contribution in [3.8, 4) is 0 Å². The average Bonchev–Trinajstić information content (AvgIpc) is 2.30. The van der Waals surface area contributed by atoms with E-state index in [1.807, 2.05) is 28.7 Å². The number of nitro benzene ring substituents is 1. The summed E-state index contributed by atoms with van der Waals surface area (Å²) in [6.45, 7) is 5.27. The zero-order valence-electron chi connectivity index (χ0n) is 10.1. The fourth-order valence-electron chi connectivity index (χ4n) is 1.60. The van der Waals surface area contributed by atoms with E-state index in [1.165, 1.54) is 0 Å². The van der Waals surface area contributed by atoms with Gasteiger partial charge in [-0.2, -0.15) is 0 Å². The molecule has 1 rings (SSSR count).